The van der Waals surface area contributed by atoms with Gasteiger partial charge in [0, 0.05) is 36.4 Å². The standard InChI is InChI=1S/C23H32N6O3S/c1-23(2,3)19(29-11-17(26-27-29)13-4-5-13)22(32)28-10-16(30)8-18(28)20(31)24-9-15-12-33-21(25-15)14-6-7-14/h11-14,16,18-19,30H,4-10H2,1-3H3,(H,24,31)/t16-,18+,19-/m1/s1. The largest absolute Gasteiger partial charge is 0.391 e. The SMILES string of the molecule is CC(C)(C)[C@@H](C(=O)N1C[C@H](O)C[C@H]1C(=O)NCc1csc(C2CC2)n1)n1cc(C2CC2)nn1. The van der Waals surface area contributed by atoms with Crippen molar-refractivity contribution in [1.29, 1.82) is 0 Å². The fraction of sp³-hybridized carbons (Fsp3) is 0.696. The molecule has 5 rings (SSSR count). The first-order valence-corrected chi connectivity index (χ1v) is 12.7. The molecule has 2 aromatic rings. The minimum absolute atomic E-state index is 0.135. The van der Waals surface area contributed by atoms with Crippen LogP contribution in [0.1, 0.15) is 87.1 Å². The average molecular weight is 473 g/mol. The summed E-state index contributed by atoms with van der Waals surface area (Å²) in [7, 11) is 0. The van der Waals surface area contributed by atoms with Gasteiger partial charge in [0.25, 0.3) is 0 Å². The second-order valence-electron chi connectivity index (χ2n) is 10.7. The first-order chi connectivity index (χ1) is 15.7. The number of aliphatic hydroxyl groups is 1. The Balaban J connectivity index is 1.30. The number of likely N-dealkylation sites (tertiary alicyclic amines) is 1. The molecule has 9 nitrogen and oxygen atoms in total. The molecule has 1 aliphatic heterocycles. The summed E-state index contributed by atoms with van der Waals surface area (Å²) in [5, 5.41) is 24.9. The summed E-state index contributed by atoms with van der Waals surface area (Å²) in [6.45, 7) is 6.41. The Kier molecular flexibility index (Phi) is 5.76. The number of nitrogens with zero attached hydrogens (tertiary/aromatic N) is 5. The van der Waals surface area contributed by atoms with E-state index < -0.39 is 23.6 Å². The van der Waals surface area contributed by atoms with Crippen molar-refractivity contribution in [3.8, 4) is 0 Å². The lowest BCUT2D eigenvalue weighted by Crippen LogP contribution is -2.50. The smallest absolute Gasteiger partial charge is 0.248 e. The Bertz CT molecular complexity index is 1040. The van der Waals surface area contributed by atoms with Crippen molar-refractivity contribution in [2.24, 2.45) is 5.41 Å². The lowest BCUT2D eigenvalue weighted by Gasteiger charge is -2.34. The highest BCUT2D eigenvalue weighted by Crippen LogP contribution is 2.42. The van der Waals surface area contributed by atoms with Crippen LogP contribution in [-0.2, 0) is 16.1 Å². The normalized spacial score (nSPS) is 24.2. The van der Waals surface area contributed by atoms with Crippen molar-refractivity contribution in [3.05, 3.63) is 28.0 Å². The Morgan fingerprint density at radius 3 is 2.64 bits per heavy atom. The van der Waals surface area contributed by atoms with Gasteiger partial charge in [-0.3, -0.25) is 9.59 Å². The van der Waals surface area contributed by atoms with Crippen LogP contribution in [-0.4, -0.2) is 60.5 Å². The predicted molar refractivity (Wildman–Crippen MR) is 123 cm³/mol. The Hall–Kier alpha value is -2.33. The molecule has 3 aliphatic rings. The van der Waals surface area contributed by atoms with E-state index in [1.54, 1.807) is 16.0 Å². The number of aliphatic hydroxyl groups excluding tert-OH is 1. The van der Waals surface area contributed by atoms with Crippen LogP contribution in [0.15, 0.2) is 11.6 Å². The molecule has 10 heteroatoms. The molecule has 0 unspecified atom stereocenters. The molecule has 3 fully saturated rings. The monoisotopic (exact) mass is 472 g/mol. The molecular formula is C23H32N6O3S. The van der Waals surface area contributed by atoms with Crippen molar-refractivity contribution >= 4 is 23.2 Å². The van der Waals surface area contributed by atoms with Gasteiger partial charge in [-0.25, -0.2) is 9.67 Å². The van der Waals surface area contributed by atoms with Crippen LogP contribution in [0.4, 0.5) is 0 Å². The van der Waals surface area contributed by atoms with E-state index in [0.29, 0.717) is 18.4 Å². The molecular weight excluding hydrogens is 440 g/mol. The summed E-state index contributed by atoms with van der Waals surface area (Å²) in [5.74, 6) is 0.554. The zero-order valence-corrected chi connectivity index (χ0v) is 20.2. The summed E-state index contributed by atoms with van der Waals surface area (Å²) in [5.41, 5.74) is 1.32. The van der Waals surface area contributed by atoms with Crippen LogP contribution in [0.25, 0.3) is 0 Å². The number of nitrogens with one attached hydrogen (secondary N) is 1. The molecule has 3 heterocycles. The first-order valence-electron chi connectivity index (χ1n) is 11.8. The molecule has 2 aliphatic carbocycles. The van der Waals surface area contributed by atoms with Gasteiger partial charge in [0.15, 0.2) is 0 Å². The van der Waals surface area contributed by atoms with Gasteiger partial charge in [-0.1, -0.05) is 26.0 Å². The summed E-state index contributed by atoms with van der Waals surface area (Å²) < 4.78 is 1.64. The van der Waals surface area contributed by atoms with Crippen LogP contribution in [0.2, 0.25) is 0 Å². The molecule has 2 saturated carbocycles. The third kappa shape index (κ3) is 4.82. The molecule has 1 saturated heterocycles. The number of carbonyl (C=O) groups is 2. The Morgan fingerprint density at radius 1 is 1.24 bits per heavy atom. The number of carbonyl (C=O) groups excluding carboxylic acids is 2. The van der Waals surface area contributed by atoms with E-state index in [1.807, 2.05) is 32.3 Å². The van der Waals surface area contributed by atoms with Crippen LogP contribution < -0.4 is 5.32 Å². The fourth-order valence-corrected chi connectivity index (χ4v) is 5.53. The zero-order valence-electron chi connectivity index (χ0n) is 19.4. The lowest BCUT2D eigenvalue weighted by molar-refractivity contribution is -0.144. The van der Waals surface area contributed by atoms with E-state index in [2.05, 4.69) is 20.6 Å². The van der Waals surface area contributed by atoms with E-state index in [4.69, 9.17) is 0 Å². The first kappa shape index (κ1) is 22.5. The summed E-state index contributed by atoms with van der Waals surface area (Å²) >= 11 is 1.64. The maximum Gasteiger partial charge on any atom is 0.248 e. The van der Waals surface area contributed by atoms with Gasteiger partial charge in [-0.2, -0.15) is 0 Å². The lowest BCUT2D eigenvalue weighted by atomic mass is 9.85. The molecule has 0 spiro atoms. The fourth-order valence-electron chi connectivity index (χ4n) is 4.54. The quantitative estimate of drug-likeness (QED) is 0.640. The predicted octanol–water partition coefficient (Wildman–Crippen LogP) is 2.35. The maximum absolute atomic E-state index is 13.7. The van der Waals surface area contributed by atoms with Gasteiger partial charge in [-0.15, -0.1) is 16.4 Å². The van der Waals surface area contributed by atoms with Gasteiger partial charge in [0.05, 0.1) is 29.0 Å². The van der Waals surface area contributed by atoms with E-state index in [1.165, 1.54) is 17.7 Å². The van der Waals surface area contributed by atoms with E-state index >= 15 is 0 Å². The third-order valence-corrected chi connectivity index (χ3v) is 7.70. The van der Waals surface area contributed by atoms with E-state index in [-0.39, 0.29) is 24.8 Å². The second-order valence-corrected chi connectivity index (χ2v) is 11.6. The van der Waals surface area contributed by atoms with Crippen molar-refractivity contribution < 1.29 is 14.7 Å². The van der Waals surface area contributed by atoms with Gasteiger partial charge >= 0.3 is 0 Å². The highest BCUT2D eigenvalue weighted by Gasteiger charge is 2.45. The van der Waals surface area contributed by atoms with E-state index in [0.717, 1.165) is 29.2 Å². The van der Waals surface area contributed by atoms with Gasteiger partial charge < -0.3 is 15.3 Å². The third-order valence-electron chi connectivity index (χ3n) is 6.65. The highest BCUT2D eigenvalue weighted by molar-refractivity contribution is 7.09. The van der Waals surface area contributed by atoms with Crippen LogP contribution in [0, 0.1) is 5.41 Å². The molecule has 2 amide bonds. The molecule has 0 aromatic carbocycles. The Morgan fingerprint density at radius 2 is 1.97 bits per heavy atom. The molecule has 33 heavy (non-hydrogen) atoms. The van der Waals surface area contributed by atoms with Crippen molar-refractivity contribution in [2.45, 2.75) is 89.4 Å². The molecule has 0 bridgehead atoms. The van der Waals surface area contributed by atoms with Crippen molar-refractivity contribution in [2.75, 3.05) is 6.54 Å². The van der Waals surface area contributed by atoms with Crippen molar-refractivity contribution in [3.63, 3.8) is 0 Å². The minimum Gasteiger partial charge on any atom is -0.391 e. The topological polar surface area (TPSA) is 113 Å². The summed E-state index contributed by atoms with van der Waals surface area (Å²) in [6.07, 6.45) is 5.96. The Labute approximate surface area is 197 Å². The number of thiazole rings is 1. The number of aromatic nitrogens is 4. The molecule has 0 radical (unpaired) electrons. The highest BCUT2D eigenvalue weighted by atomic mass is 32.1. The van der Waals surface area contributed by atoms with Gasteiger partial charge in [0.1, 0.15) is 12.1 Å². The minimum atomic E-state index is -0.733. The molecule has 2 N–H and O–H groups in total. The van der Waals surface area contributed by atoms with Crippen LogP contribution in [0.5, 0.6) is 0 Å². The van der Waals surface area contributed by atoms with Gasteiger partial charge in [-0.05, 0) is 31.1 Å². The van der Waals surface area contributed by atoms with Crippen LogP contribution >= 0.6 is 11.3 Å². The van der Waals surface area contributed by atoms with E-state index in [9.17, 15) is 14.7 Å². The number of β-amino-alcohol motifs (C(OH)–C–C–N with tert-alkyl or cyclic N) is 1. The molecule has 2 aromatic heterocycles. The number of hydrogen-bond donors (Lipinski definition) is 2. The summed E-state index contributed by atoms with van der Waals surface area (Å²) in [6, 6.07) is -1.33. The molecule has 3 atom stereocenters. The number of rotatable bonds is 7. The number of amides is 2. The van der Waals surface area contributed by atoms with Crippen LogP contribution in [0.3, 0.4) is 0 Å². The number of hydrogen-bond acceptors (Lipinski definition) is 7. The molecule has 178 valence electrons. The average Bonchev–Trinajstić information content (AvgIpc) is 3.65. The zero-order chi connectivity index (χ0) is 23.3. The van der Waals surface area contributed by atoms with Crippen molar-refractivity contribution in [1.82, 2.24) is 30.2 Å². The maximum atomic E-state index is 13.7. The van der Waals surface area contributed by atoms with Gasteiger partial charge in [0.2, 0.25) is 11.8 Å². The second kappa shape index (κ2) is 8.47. The summed E-state index contributed by atoms with van der Waals surface area (Å²) in [4.78, 5) is 32.9.